The monoisotopic (exact) mass is 513 g/mol. The highest BCUT2D eigenvalue weighted by atomic mass is 35.5. The van der Waals surface area contributed by atoms with Crippen LogP contribution in [0, 0.1) is 0 Å². The van der Waals surface area contributed by atoms with Gasteiger partial charge in [0.05, 0.1) is 35.4 Å². The molecule has 1 saturated heterocycles. The van der Waals surface area contributed by atoms with Crippen molar-refractivity contribution in [3.8, 4) is 0 Å². The Morgan fingerprint density at radius 2 is 1.73 bits per heavy atom. The first-order valence-electron chi connectivity index (χ1n) is 7.35. The van der Waals surface area contributed by atoms with Gasteiger partial charge < -0.3 is 8.37 Å². The van der Waals surface area contributed by atoms with E-state index in [1.807, 2.05) is 13.8 Å². The number of nitrogens with zero attached hydrogens (tertiary/aromatic N) is 1. The average Bonchev–Trinajstić information content (AvgIpc) is 2.86. The van der Waals surface area contributed by atoms with Crippen LogP contribution in [0.4, 0.5) is 5.69 Å². The van der Waals surface area contributed by atoms with E-state index in [2.05, 4.69) is 0 Å². The molecule has 5 nitrogen and oxygen atoms in total. The van der Waals surface area contributed by atoms with Gasteiger partial charge in [0, 0.05) is 28.3 Å². The van der Waals surface area contributed by atoms with Gasteiger partial charge in [0.2, 0.25) is 5.91 Å². The minimum atomic E-state index is -2.54. The zero-order valence-electron chi connectivity index (χ0n) is 13.6. The molecule has 13 heteroatoms. The van der Waals surface area contributed by atoms with Crippen molar-refractivity contribution in [1.82, 2.24) is 0 Å². The summed E-state index contributed by atoms with van der Waals surface area (Å²) in [5, 5.41) is 0.614. The summed E-state index contributed by atoms with van der Waals surface area (Å²) in [6, 6.07) is 2.89. The van der Waals surface area contributed by atoms with E-state index in [1.165, 1.54) is 12.1 Å². The molecular formula is C13H15Cl3NO4PS4. The van der Waals surface area contributed by atoms with Gasteiger partial charge >= 0.3 is 0 Å². The van der Waals surface area contributed by atoms with E-state index in [1.54, 1.807) is 0 Å². The third kappa shape index (κ3) is 5.12. The summed E-state index contributed by atoms with van der Waals surface area (Å²) in [6.45, 7) is 4.52. The second kappa shape index (κ2) is 10.1. The molecule has 0 N–H and O–H groups in total. The molecule has 1 amide bonds. The van der Waals surface area contributed by atoms with Crippen molar-refractivity contribution in [3.63, 3.8) is 0 Å². The van der Waals surface area contributed by atoms with E-state index >= 15 is 0 Å². The van der Waals surface area contributed by atoms with Crippen LogP contribution in [0.2, 0.25) is 15.1 Å². The molecule has 1 aliphatic heterocycles. The summed E-state index contributed by atoms with van der Waals surface area (Å²) in [4.78, 5) is 12.0. The Hall–Kier alpha value is 0.980. The van der Waals surface area contributed by atoms with Crippen LogP contribution in [0.25, 0.3) is 0 Å². The lowest BCUT2D eigenvalue weighted by Gasteiger charge is -2.24. The summed E-state index contributed by atoms with van der Waals surface area (Å²) in [7, 11) is -1.77. The van der Waals surface area contributed by atoms with E-state index in [4.69, 9.17) is 55.0 Å². The van der Waals surface area contributed by atoms with Crippen molar-refractivity contribution in [2.24, 2.45) is 0 Å². The Kier molecular flexibility index (Phi) is 9.07. The van der Waals surface area contributed by atoms with Gasteiger partial charge in [0.15, 0.2) is 0 Å². The number of carbonyl (C=O) groups excluding carboxylic acids is 1. The minimum Gasteiger partial charge on any atom is -0.310 e. The summed E-state index contributed by atoms with van der Waals surface area (Å²) >= 11 is 26.2. The maximum absolute atomic E-state index is 13.2. The molecule has 1 heterocycles. The van der Waals surface area contributed by atoms with Crippen LogP contribution in [-0.4, -0.2) is 28.3 Å². The van der Waals surface area contributed by atoms with Crippen LogP contribution in [-0.2, 0) is 36.0 Å². The standard InChI is InChI=1S/C13H15Cl3NO4PS4/c1-3-20-24-22(23,25-21-4-2)12-7-11(18)17(26(12)19)13-9(15)5-8(14)6-10(13)16/h5-6,12H,3-4,7H2,1-2H3. The SMILES string of the molecule is CCOSP(=S)(SOCC)C1CC(=O)N(c2c(Cl)cc(Cl)cc2Cl)S1=O. The van der Waals surface area contributed by atoms with E-state index in [0.29, 0.717) is 18.2 Å². The fraction of sp³-hybridized carbons (Fsp3) is 0.462. The zero-order valence-corrected chi connectivity index (χ0v) is 20.1. The third-order valence-corrected chi connectivity index (χ3v) is 16.3. The summed E-state index contributed by atoms with van der Waals surface area (Å²) < 4.78 is 22.6. The van der Waals surface area contributed by atoms with Crippen LogP contribution in [0.15, 0.2) is 12.1 Å². The van der Waals surface area contributed by atoms with E-state index in [9.17, 15) is 9.00 Å². The van der Waals surface area contributed by atoms with Crippen LogP contribution in [0.3, 0.4) is 0 Å². The van der Waals surface area contributed by atoms with Crippen molar-refractivity contribution in [3.05, 3.63) is 27.2 Å². The fourth-order valence-electron chi connectivity index (χ4n) is 2.05. The van der Waals surface area contributed by atoms with Gasteiger partial charge in [-0.15, -0.1) is 0 Å². The van der Waals surface area contributed by atoms with Gasteiger partial charge in [-0.3, -0.25) is 4.79 Å². The summed E-state index contributed by atoms with van der Waals surface area (Å²) in [5.74, 6) is -0.372. The maximum atomic E-state index is 13.2. The zero-order chi connectivity index (χ0) is 19.5. The third-order valence-electron chi connectivity index (χ3n) is 3.07. The number of halogens is 3. The lowest BCUT2D eigenvalue weighted by atomic mass is 10.3. The second-order valence-corrected chi connectivity index (χ2v) is 18.6. The molecular weight excluding hydrogens is 500 g/mol. The van der Waals surface area contributed by atoms with Crippen molar-refractivity contribution in [1.29, 1.82) is 0 Å². The topological polar surface area (TPSA) is 55.8 Å². The lowest BCUT2D eigenvalue weighted by Crippen LogP contribution is -2.26. The normalized spacial score (nSPS) is 20.8. The van der Waals surface area contributed by atoms with Gasteiger partial charge in [-0.2, -0.15) is 0 Å². The van der Waals surface area contributed by atoms with Crippen LogP contribution >= 0.6 is 62.6 Å². The summed E-state index contributed by atoms with van der Waals surface area (Å²) in [5.41, 5.74) is 0.174. The fourth-order valence-corrected chi connectivity index (χ4v) is 13.8. The molecule has 2 atom stereocenters. The molecule has 26 heavy (non-hydrogen) atoms. The average molecular weight is 515 g/mol. The summed E-state index contributed by atoms with van der Waals surface area (Å²) in [6.07, 6.45) is -0.000673. The van der Waals surface area contributed by atoms with E-state index in [0.717, 1.165) is 27.6 Å². The smallest absolute Gasteiger partial charge is 0.240 e. The number of hydrogen-bond donors (Lipinski definition) is 0. The molecule has 2 rings (SSSR count). The first kappa shape index (κ1) is 23.3. The molecule has 2 unspecified atom stereocenters. The predicted molar refractivity (Wildman–Crippen MR) is 118 cm³/mol. The highest BCUT2D eigenvalue weighted by Gasteiger charge is 2.49. The number of benzene rings is 1. The highest BCUT2D eigenvalue weighted by Crippen LogP contribution is 2.75. The second-order valence-electron chi connectivity index (χ2n) is 4.84. The Labute approximate surface area is 183 Å². The Morgan fingerprint density at radius 1 is 1.23 bits per heavy atom. The number of anilines is 1. The molecule has 0 aliphatic carbocycles. The Bertz CT molecular complexity index is 734. The number of hydrogen-bond acceptors (Lipinski definition) is 7. The van der Waals surface area contributed by atoms with Crippen molar-refractivity contribution >= 4 is 97.0 Å². The lowest BCUT2D eigenvalue weighted by molar-refractivity contribution is -0.116. The first-order chi connectivity index (χ1) is 12.2. The van der Waals surface area contributed by atoms with Gasteiger partial charge in [-0.05, 0) is 26.0 Å². The van der Waals surface area contributed by atoms with Crippen LogP contribution < -0.4 is 4.31 Å². The van der Waals surface area contributed by atoms with Gasteiger partial charge in [0.25, 0.3) is 0 Å². The van der Waals surface area contributed by atoms with Crippen LogP contribution in [0.1, 0.15) is 20.3 Å². The molecule has 0 radical (unpaired) electrons. The van der Waals surface area contributed by atoms with E-state index in [-0.39, 0.29) is 28.1 Å². The Morgan fingerprint density at radius 3 is 2.19 bits per heavy atom. The van der Waals surface area contributed by atoms with Crippen molar-refractivity contribution in [2.75, 3.05) is 17.5 Å². The molecule has 0 spiro atoms. The molecule has 146 valence electrons. The Balaban J connectivity index is 2.39. The van der Waals surface area contributed by atoms with Gasteiger partial charge in [-0.1, -0.05) is 46.6 Å². The van der Waals surface area contributed by atoms with E-state index < -0.39 is 20.4 Å². The number of rotatable bonds is 8. The quantitative estimate of drug-likeness (QED) is 0.309. The molecule has 0 saturated carbocycles. The first-order valence-corrected chi connectivity index (χ1v) is 15.2. The van der Waals surface area contributed by atoms with Gasteiger partial charge in [0.1, 0.15) is 20.4 Å². The highest BCUT2D eigenvalue weighted by molar-refractivity contribution is 8.99. The molecule has 0 aromatic heterocycles. The molecule has 1 fully saturated rings. The molecule has 0 bridgehead atoms. The van der Waals surface area contributed by atoms with Crippen LogP contribution in [0.5, 0.6) is 0 Å². The maximum Gasteiger partial charge on any atom is 0.240 e. The number of amides is 1. The van der Waals surface area contributed by atoms with Crippen molar-refractivity contribution < 1.29 is 17.4 Å². The van der Waals surface area contributed by atoms with Crippen molar-refractivity contribution in [2.45, 2.75) is 25.3 Å². The van der Waals surface area contributed by atoms with Gasteiger partial charge in [-0.25, -0.2) is 8.51 Å². The minimum absolute atomic E-state index is 0.000673. The number of carbonyl (C=O) groups is 1. The molecule has 1 aromatic rings. The molecule has 1 aromatic carbocycles. The molecule has 1 aliphatic rings. The predicted octanol–water partition coefficient (Wildman–Crippen LogP) is 6.05. The largest absolute Gasteiger partial charge is 0.310 e.